The first-order valence-electron chi connectivity index (χ1n) is 4.26. The van der Waals surface area contributed by atoms with E-state index in [0.29, 0.717) is 6.73 Å². The summed E-state index contributed by atoms with van der Waals surface area (Å²) in [6.45, 7) is 1.19. The second-order valence-corrected chi connectivity index (χ2v) is 3.16. The Hall–Kier alpha value is -1.41. The number of hydrogen-bond donors (Lipinski definition) is 0. The molecule has 5 nitrogen and oxygen atoms in total. The van der Waals surface area contributed by atoms with E-state index in [4.69, 9.17) is 10.00 Å². The van der Waals surface area contributed by atoms with Crippen LogP contribution in [0.3, 0.4) is 0 Å². The Labute approximate surface area is 75.9 Å². The molecule has 0 atom stereocenters. The van der Waals surface area contributed by atoms with Crippen molar-refractivity contribution in [2.45, 2.75) is 19.6 Å². The van der Waals surface area contributed by atoms with Crippen molar-refractivity contribution in [3.63, 3.8) is 0 Å². The molecule has 0 aliphatic heterocycles. The molecule has 0 N–H and O–H groups in total. The average molecular weight is 178 g/mol. The fourth-order valence-corrected chi connectivity index (χ4v) is 1.01. The Morgan fingerprint density at radius 1 is 1.69 bits per heavy atom. The maximum atomic E-state index is 8.45. The molecule has 0 radical (unpaired) electrons. The van der Waals surface area contributed by atoms with Gasteiger partial charge in [-0.25, -0.2) is 9.67 Å². The Bertz CT molecular complexity index is 323. The summed E-state index contributed by atoms with van der Waals surface area (Å²) in [6.07, 6.45) is 4.06. The van der Waals surface area contributed by atoms with E-state index < -0.39 is 0 Å². The van der Waals surface area contributed by atoms with Gasteiger partial charge >= 0.3 is 0 Å². The van der Waals surface area contributed by atoms with Gasteiger partial charge in [0.2, 0.25) is 0 Å². The van der Waals surface area contributed by atoms with E-state index in [-0.39, 0.29) is 5.82 Å². The predicted octanol–water partition coefficient (Wildman–Crippen LogP) is 0.534. The molecular weight excluding hydrogens is 168 g/mol. The van der Waals surface area contributed by atoms with Crippen molar-refractivity contribution in [3.8, 4) is 6.07 Å². The van der Waals surface area contributed by atoms with Crippen LogP contribution in [0.4, 0.5) is 0 Å². The van der Waals surface area contributed by atoms with Crippen molar-refractivity contribution in [2.75, 3.05) is 6.61 Å². The number of ether oxygens (including phenoxy) is 1. The summed E-state index contributed by atoms with van der Waals surface area (Å²) in [6, 6.07) is 1.86. The van der Waals surface area contributed by atoms with Crippen LogP contribution in [-0.2, 0) is 11.5 Å². The second kappa shape index (κ2) is 3.54. The van der Waals surface area contributed by atoms with Gasteiger partial charge in [-0.05, 0) is 18.8 Å². The molecule has 5 heteroatoms. The van der Waals surface area contributed by atoms with E-state index in [0.717, 1.165) is 12.5 Å². The van der Waals surface area contributed by atoms with Crippen LogP contribution >= 0.6 is 0 Å². The molecule has 1 aliphatic carbocycles. The number of nitrogens with zero attached hydrogens (tertiary/aromatic N) is 4. The second-order valence-electron chi connectivity index (χ2n) is 3.16. The zero-order chi connectivity index (χ0) is 9.10. The third-order valence-electron chi connectivity index (χ3n) is 1.91. The quantitative estimate of drug-likeness (QED) is 0.674. The van der Waals surface area contributed by atoms with Gasteiger partial charge in [-0.1, -0.05) is 0 Å². The first-order chi connectivity index (χ1) is 6.38. The smallest absolute Gasteiger partial charge is 0.252 e. The summed E-state index contributed by atoms with van der Waals surface area (Å²) in [7, 11) is 0. The van der Waals surface area contributed by atoms with Gasteiger partial charge in [0, 0.05) is 0 Å². The van der Waals surface area contributed by atoms with Gasteiger partial charge in [0.15, 0.2) is 0 Å². The highest BCUT2D eigenvalue weighted by Gasteiger charge is 2.21. The summed E-state index contributed by atoms with van der Waals surface area (Å²) in [4.78, 5) is 3.76. The lowest BCUT2D eigenvalue weighted by atomic mass is 10.5. The van der Waals surface area contributed by atoms with E-state index in [1.54, 1.807) is 0 Å². The third-order valence-corrected chi connectivity index (χ3v) is 1.91. The summed E-state index contributed by atoms with van der Waals surface area (Å²) in [5.41, 5.74) is 0. The lowest BCUT2D eigenvalue weighted by Crippen LogP contribution is -2.05. The molecule has 1 aliphatic rings. The minimum Gasteiger partial charge on any atom is -0.359 e. The zero-order valence-electron chi connectivity index (χ0n) is 7.18. The van der Waals surface area contributed by atoms with Crippen molar-refractivity contribution < 1.29 is 4.74 Å². The highest BCUT2D eigenvalue weighted by Crippen LogP contribution is 2.28. The van der Waals surface area contributed by atoms with Gasteiger partial charge < -0.3 is 4.74 Å². The van der Waals surface area contributed by atoms with Crippen LogP contribution in [0, 0.1) is 17.2 Å². The van der Waals surface area contributed by atoms with Crippen LogP contribution in [0.1, 0.15) is 18.7 Å². The van der Waals surface area contributed by atoms with Crippen molar-refractivity contribution in [1.29, 1.82) is 5.26 Å². The van der Waals surface area contributed by atoms with Gasteiger partial charge in [0.05, 0.1) is 6.61 Å². The average Bonchev–Trinajstić information content (AvgIpc) is 2.84. The van der Waals surface area contributed by atoms with Crippen molar-refractivity contribution in [3.05, 3.63) is 12.2 Å². The van der Waals surface area contributed by atoms with Gasteiger partial charge in [0.25, 0.3) is 5.82 Å². The van der Waals surface area contributed by atoms with Crippen molar-refractivity contribution >= 4 is 0 Å². The van der Waals surface area contributed by atoms with Gasteiger partial charge in [0.1, 0.15) is 19.1 Å². The lowest BCUT2D eigenvalue weighted by molar-refractivity contribution is 0.0609. The van der Waals surface area contributed by atoms with E-state index in [2.05, 4.69) is 10.1 Å². The molecule has 0 spiro atoms. The highest BCUT2D eigenvalue weighted by molar-refractivity contribution is 5.05. The van der Waals surface area contributed by atoms with Crippen LogP contribution in [0.2, 0.25) is 0 Å². The summed E-state index contributed by atoms with van der Waals surface area (Å²) in [5.74, 6) is 0.939. The molecule has 0 saturated heterocycles. The molecule has 0 aromatic carbocycles. The molecule has 0 amide bonds. The van der Waals surface area contributed by atoms with Crippen LogP contribution in [0.15, 0.2) is 6.33 Å². The zero-order valence-corrected chi connectivity index (χ0v) is 7.18. The van der Waals surface area contributed by atoms with E-state index in [1.807, 2.05) is 6.07 Å². The number of nitriles is 1. The van der Waals surface area contributed by atoms with Gasteiger partial charge in [-0.3, -0.25) is 0 Å². The Kier molecular flexibility index (Phi) is 2.23. The molecule has 0 bridgehead atoms. The Morgan fingerprint density at radius 3 is 3.15 bits per heavy atom. The van der Waals surface area contributed by atoms with E-state index in [1.165, 1.54) is 23.9 Å². The van der Waals surface area contributed by atoms with Gasteiger partial charge in [-0.2, -0.15) is 5.26 Å². The Balaban J connectivity index is 1.76. The number of rotatable bonds is 4. The first-order valence-corrected chi connectivity index (χ1v) is 4.26. The predicted molar refractivity (Wildman–Crippen MR) is 43.4 cm³/mol. The summed E-state index contributed by atoms with van der Waals surface area (Å²) < 4.78 is 6.88. The molecule has 13 heavy (non-hydrogen) atoms. The van der Waals surface area contributed by atoms with Crippen molar-refractivity contribution in [2.24, 2.45) is 5.92 Å². The minimum absolute atomic E-state index is 0.190. The molecular formula is C8H10N4O. The molecule has 1 aromatic rings. The van der Waals surface area contributed by atoms with E-state index in [9.17, 15) is 0 Å². The minimum atomic E-state index is 0.190. The largest absolute Gasteiger partial charge is 0.359 e. The molecule has 1 fully saturated rings. The maximum Gasteiger partial charge on any atom is 0.252 e. The highest BCUT2D eigenvalue weighted by atomic mass is 16.5. The molecule has 68 valence electrons. The standard InChI is InChI=1S/C8H10N4O/c9-3-8-10-5-12(11-8)6-13-4-7-1-2-7/h5,7H,1-2,4,6H2. The summed E-state index contributed by atoms with van der Waals surface area (Å²) >= 11 is 0. The first kappa shape index (κ1) is 8.20. The van der Waals surface area contributed by atoms with Crippen LogP contribution in [0.25, 0.3) is 0 Å². The van der Waals surface area contributed by atoms with Crippen LogP contribution in [0.5, 0.6) is 0 Å². The normalized spacial score (nSPS) is 15.6. The van der Waals surface area contributed by atoms with Crippen LogP contribution < -0.4 is 0 Å². The SMILES string of the molecule is N#Cc1ncn(COCC2CC2)n1. The topological polar surface area (TPSA) is 63.7 Å². The fourth-order valence-electron chi connectivity index (χ4n) is 1.01. The molecule has 1 aromatic heterocycles. The van der Waals surface area contributed by atoms with Crippen molar-refractivity contribution in [1.82, 2.24) is 14.8 Å². The lowest BCUT2D eigenvalue weighted by Gasteiger charge is -2.00. The molecule has 1 saturated carbocycles. The number of aromatic nitrogens is 3. The Morgan fingerprint density at radius 2 is 2.54 bits per heavy atom. The maximum absolute atomic E-state index is 8.45. The van der Waals surface area contributed by atoms with Crippen LogP contribution in [-0.4, -0.2) is 21.4 Å². The third kappa shape index (κ3) is 2.26. The molecule has 0 unspecified atom stereocenters. The number of hydrogen-bond acceptors (Lipinski definition) is 4. The fraction of sp³-hybridized carbons (Fsp3) is 0.625. The molecule has 2 rings (SSSR count). The summed E-state index contributed by atoms with van der Waals surface area (Å²) in [5, 5.41) is 12.3. The monoisotopic (exact) mass is 178 g/mol. The van der Waals surface area contributed by atoms with Gasteiger partial charge in [-0.15, -0.1) is 5.10 Å². The molecule has 1 heterocycles. The van der Waals surface area contributed by atoms with E-state index >= 15 is 0 Å².